The third-order valence-electron chi connectivity index (χ3n) is 5.54. The molecule has 168 valence electrons. The normalized spacial score (nSPS) is 11.4. The maximum absolute atomic E-state index is 12.7. The van der Waals surface area contributed by atoms with Crippen LogP contribution in [-0.2, 0) is 11.3 Å². The molecular formula is C23H23N7O3. The number of fused-ring (bicyclic) bond motifs is 2. The van der Waals surface area contributed by atoms with Crippen molar-refractivity contribution >= 4 is 33.8 Å². The van der Waals surface area contributed by atoms with Crippen molar-refractivity contribution in [2.24, 2.45) is 0 Å². The third-order valence-corrected chi connectivity index (χ3v) is 5.54. The Labute approximate surface area is 188 Å². The standard InChI is InChI=1S/C23H23N7O3/c1-13-17-10-14(4-6-18(17)29-28-13)16-5-7-19(33-3)21-20(16)25-23(26-21)27-22(31)15-11-24-30(12-15)8-9-32-2/h4-7,10-12H,8-9H2,1-3H3,(H,28,29)(H2,25,26,27,31). The summed E-state index contributed by atoms with van der Waals surface area (Å²) in [6.07, 6.45) is 3.19. The molecule has 0 atom stereocenters. The molecule has 0 unspecified atom stereocenters. The molecule has 0 aliphatic rings. The topological polar surface area (TPSA) is 123 Å². The molecule has 5 rings (SSSR count). The zero-order chi connectivity index (χ0) is 22.9. The van der Waals surface area contributed by atoms with E-state index in [0.717, 1.165) is 27.7 Å². The highest BCUT2D eigenvalue weighted by atomic mass is 16.5. The van der Waals surface area contributed by atoms with E-state index < -0.39 is 0 Å². The molecule has 3 heterocycles. The Balaban J connectivity index is 1.50. The fourth-order valence-corrected chi connectivity index (χ4v) is 3.81. The van der Waals surface area contributed by atoms with Crippen LogP contribution < -0.4 is 10.1 Å². The summed E-state index contributed by atoms with van der Waals surface area (Å²) in [4.78, 5) is 20.6. The molecular weight excluding hydrogens is 422 g/mol. The van der Waals surface area contributed by atoms with Gasteiger partial charge in [-0.1, -0.05) is 6.07 Å². The number of nitrogens with zero attached hydrogens (tertiary/aromatic N) is 4. The van der Waals surface area contributed by atoms with E-state index in [9.17, 15) is 4.79 Å². The predicted molar refractivity (Wildman–Crippen MR) is 125 cm³/mol. The molecule has 1 amide bonds. The lowest BCUT2D eigenvalue weighted by Crippen LogP contribution is -2.12. The molecule has 0 fully saturated rings. The number of aryl methyl sites for hydroxylation is 1. The van der Waals surface area contributed by atoms with E-state index in [1.165, 1.54) is 6.20 Å². The summed E-state index contributed by atoms with van der Waals surface area (Å²) in [5.74, 6) is 0.648. The fourth-order valence-electron chi connectivity index (χ4n) is 3.81. The number of methoxy groups -OCH3 is 2. The number of H-pyrrole nitrogens is 2. The molecule has 2 aromatic carbocycles. The quantitative estimate of drug-likeness (QED) is 0.352. The minimum atomic E-state index is -0.311. The molecule has 33 heavy (non-hydrogen) atoms. The number of imidazole rings is 1. The smallest absolute Gasteiger partial charge is 0.261 e. The Hall–Kier alpha value is -4.18. The molecule has 10 heteroatoms. The van der Waals surface area contributed by atoms with Crippen molar-refractivity contribution in [3.63, 3.8) is 0 Å². The van der Waals surface area contributed by atoms with E-state index in [1.54, 1.807) is 25.1 Å². The van der Waals surface area contributed by atoms with E-state index in [2.05, 4.69) is 36.6 Å². The van der Waals surface area contributed by atoms with Gasteiger partial charge in [0.05, 0.1) is 43.2 Å². The zero-order valence-electron chi connectivity index (χ0n) is 18.5. The highest BCUT2D eigenvalue weighted by Crippen LogP contribution is 2.35. The lowest BCUT2D eigenvalue weighted by Gasteiger charge is -2.06. The van der Waals surface area contributed by atoms with Crippen LogP contribution in [0.5, 0.6) is 5.75 Å². The number of aromatic amines is 2. The first-order chi connectivity index (χ1) is 16.1. The monoisotopic (exact) mass is 445 g/mol. The molecule has 5 aromatic rings. The van der Waals surface area contributed by atoms with Gasteiger partial charge in [-0.3, -0.25) is 19.9 Å². The summed E-state index contributed by atoms with van der Waals surface area (Å²) < 4.78 is 12.2. The van der Waals surface area contributed by atoms with Crippen LogP contribution in [0, 0.1) is 6.92 Å². The van der Waals surface area contributed by atoms with Gasteiger partial charge < -0.3 is 14.5 Å². The molecule has 3 N–H and O–H groups in total. The minimum absolute atomic E-state index is 0.311. The van der Waals surface area contributed by atoms with Crippen LogP contribution in [0.4, 0.5) is 5.95 Å². The summed E-state index contributed by atoms with van der Waals surface area (Å²) in [7, 11) is 3.22. The lowest BCUT2D eigenvalue weighted by molar-refractivity contribution is 0.102. The average molecular weight is 445 g/mol. The Morgan fingerprint density at radius 1 is 1.21 bits per heavy atom. The van der Waals surface area contributed by atoms with Gasteiger partial charge in [0.1, 0.15) is 16.8 Å². The fraction of sp³-hybridized carbons (Fsp3) is 0.217. The minimum Gasteiger partial charge on any atom is -0.494 e. The summed E-state index contributed by atoms with van der Waals surface area (Å²) in [6.45, 7) is 3.04. The number of aromatic nitrogens is 6. The van der Waals surface area contributed by atoms with Crippen LogP contribution in [0.2, 0.25) is 0 Å². The molecule has 0 saturated carbocycles. The van der Waals surface area contributed by atoms with Crippen LogP contribution in [0.1, 0.15) is 16.1 Å². The molecule has 10 nitrogen and oxygen atoms in total. The number of anilines is 1. The van der Waals surface area contributed by atoms with Gasteiger partial charge >= 0.3 is 0 Å². The van der Waals surface area contributed by atoms with Crippen molar-refractivity contribution in [3.05, 3.63) is 54.0 Å². The Morgan fingerprint density at radius 3 is 2.91 bits per heavy atom. The molecule has 0 spiro atoms. The van der Waals surface area contributed by atoms with Gasteiger partial charge in [-0.2, -0.15) is 10.2 Å². The molecule has 0 radical (unpaired) electrons. The van der Waals surface area contributed by atoms with Crippen molar-refractivity contribution in [1.29, 1.82) is 0 Å². The van der Waals surface area contributed by atoms with Gasteiger partial charge in [0.25, 0.3) is 5.91 Å². The predicted octanol–water partition coefficient (Wildman–Crippen LogP) is 3.52. The van der Waals surface area contributed by atoms with Gasteiger partial charge in [0.15, 0.2) is 0 Å². The van der Waals surface area contributed by atoms with Crippen LogP contribution >= 0.6 is 0 Å². The van der Waals surface area contributed by atoms with E-state index in [4.69, 9.17) is 9.47 Å². The Kier molecular flexibility index (Phi) is 5.27. The van der Waals surface area contributed by atoms with E-state index in [1.807, 2.05) is 31.2 Å². The second kappa shape index (κ2) is 8.40. The number of ether oxygens (including phenoxy) is 2. The van der Waals surface area contributed by atoms with E-state index >= 15 is 0 Å². The number of rotatable bonds is 7. The third kappa shape index (κ3) is 3.80. The van der Waals surface area contributed by atoms with E-state index in [0.29, 0.717) is 41.4 Å². The maximum atomic E-state index is 12.7. The van der Waals surface area contributed by atoms with Crippen LogP contribution in [0.3, 0.4) is 0 Å². The molecule has 0 aliphatic heterocycles. The van der Waals surface area contributed by atoms with Gasteiger partial charge in [0, 0.05) is 24.3 Å². The van der Waals surface area contributed by atoms with Crippen molar-refractivity contribution < 1.29 is 14.3 Å². The summed E-state index contributed by atoms with van der Waals surface area (Å²) in [6, 6.07) is 9.94. The number of carbonyl (C=O) groups is 1. The number of nitrogens with one attached hydrogen (secondary N) is 3. The highest BCUT2D eigenvalue weighted by Gasteiger charge is 2.17. The molecule has 3 aromatic heterocycles. The summed E-state index contributed by atoms with van der Waals surface area (Å²) >= 11 is 0. The number of hydrogen-bond donors (Lipinski definition) is 3. The van der Waals surface area contributed by atoms with Crippen LogP contribution in [-0.4, -0.2) is 56.7 Å². The second-order valence-corrected chi connectivity index (χ2v) is 7.63. The molecule has 0 aliphatic carbocycles. The SMILES string of the molecule is COCCn1cc(C(=O)Nc2nc3c(-c4ccc5[nH]nc(C)c5c4)ccc(OC)c3[nH]2)cn1. The number of amides is 1. The molecule has 0 saturated heterocycles. The second-order valence-electron chi connectivity index (χ2n) is 7.63. The summed E-state index contributed by atoms with van der Waals surface area (Å²) in [5, 5.41) is 15.4. The number of carbonyl (C=O) groups excluding carboxylic acids is 1. The lowest BCUT2D eigenvalue weighted by atomic mass is 10.0. The Morgan fingerprint density at radius 2 is 2.09 bits per heavy atom. The van der Waals surface area contributed by atoms with Crippen LogP contribution in [0.25, 0.3) is 33.1 Å². The van der Waals surface area contributed by atoms with Gasteiger partial charge in [-0.25, -0.2) is 4.98 Å². The van der Waals surface area contributed by atoms with Gasteiger partial charge in [-0.05, 0) is 36.8 Å². The largest absolute Gasteiger partial charge is 0.494 e. The average Bonchev–Trinajstić information content (AvgIpc) is 3.55. The van der Waals surface area contributed by atoms with Gasteiger partial charge in [-0.15, -0.1) is 0 Å². The van der Waals surface area contributed by atoms with Gasteiger partial charge in [0.2, 0.25) is 5.95 Å². The van der Waals surface area contributed by atoms with Crippen LogP contribution in [0.15, 0.2) is 42.7 Å². The summed E-state index contributed by atoms with van der Waals surface area (Å²) in [5.41, 5.74) is 5.63. The number of benzene rings is 2. The number of hydrogen-bond acceptors (Lipinski definition) is 6. The first-order valence-corrected chi connectivity index (χ1v) is 10.4. The van der Waals surface area contributed by atoms with Crippen molar-refractivity contribution in [2.45, 2.75) is 13.5 Å². The van der Waals surface area contributed by atoms with E-state index in [-0.39, 0.29) is 5.91 Å². The van der Waals surface area contributed by atoms with Crippen molar-refractivity contribution in [3.8, 4) is 16.9 Å². The first kappa shape index (κ1) is 20.7. The van der Waals surface area contributed by atoms with Crippen molar-refractivity contribution in [2.75, 3.05) is 26.1 Å². The first-order valence-electron chi connectivity index (χ1n) is 10.4. The highest BCUT2D eigenvalue weighted by molar-refractivity contribution is 6.05. The zero-order valence-corrected chi connectivity index (χ0v) is 18.5. The molecule has 0 bridgehead atoms. The maximum Gasteiger partial charge on any atom is 0.261 e. The Bertz CT molecular complexity index is 1460. The van der Waals surface area contributed by atoms with Crippen molar-refractivity contribution in [1.82, 2.24) is 29.9 Å².